The molecule has 0 aliphatic heterocycles. The second-order valence-corrected chi connectivity index (χ2v) is 7.49. The maximum atomic E-state index is 2.40. The number of benzene rings is 1. The van der Waals surface area contributed by atoms with Crippen molar-refractivity contribution in [3.8, 4) is 0 Å². The van der Waals surface area contributed by atoms with Gasteiger partial charge in [-0.3, -0.25) is 0 Å². The first-order valence-electron chi connectivity index (χ1n) is 7.29. The van der Waals surface area contributed by atoms with Crippen LogP contribution in [0.5, 0.6) is 0 Å². The van der Waals surface area contributed by atoms with Crippen LogP contribution >= 0.6 is 11.3 Å². The Bertz CT molecular complexity index is 699. The molecule has 0 amide bonds. The monoisotopic (exact) mass is 281 g/mol. The van der Waals surface area contributed by atoms with Crippen LogP contribution in [0.2, 0.25) is 0 Å². The van der Waals surface area contributed by atoms with Gasteiger partial charge >= 0.3 is 0 Å². The Hall–Kier alpha value is -1.47. The largest absolute Gasteiger partial charge is 0.239 e. The molecule has 0 nitrogen and oxygen atoms in total. The first-order valence-corrected chi connectivity index (χ1v) is 8.11. The smallest absolute Gasteiger partial charge is 0.0834 e. The Kier molecular flexibility index (Phi) is 3.47. The topological polar surface area (TPSA) is 0 Å². The van der Waals surface area contributed by atoms with Crippen LogP contribution < -0.4 is 0 Å². The lowest BCUT2D eigenvalue weighted by Crippen LogP contribution is -2.11. The molecule has 0 spiro atoms. The molecule has 1 aromatic heterocycles. The summed E-state index contributed by atoms with van der Waals surface area (Å²) in [5.41, 5.74) is 3.00. The third-order valence-corrected chi connectivity index (χ3v) is 4.91. The predicted octanol–water partition coefficient (Wildman–Crippen LogP) is 6.21. The summed E-state index contributed by atoms with van der Waals surface area (Å²) in [5, 5.41) is 1.40. The van der Waals surface area contributed by atoms with Gasteiger partial charge in [0.15, 0.2) is 0 Å². The van der Waals surface area contributed by atoms with E-state index in [1.807, 2.05) is 11.3 Å². The Morgan fingerprint density at radius 3 is 2.55 bits per heavy atom. The maximum absolute atomic E-state index is 2.40. The van der Waals surface area contributed by atoms with Crippen LogP contribution in [-0.2, 0) is 5.41 Å². The van der Waals surface area contributed by atoms with Crippen LogP contribution in [0.25, 0.3) is 15.7 Å². The molecule has 0 bridgehead atoms. The molecular weight excluding hydrogens is 260 g/mol. The Morgan fingerprint density at radius 1 is 1.05 bits per heavy atom. The number of rotatable bonds is 1. The SMILES string of the molecule is CC(C)(C)c1cc(C2=CCCC=C2)[s+]c2ccccc12. The van der Waals surface area contributed by atoms with Gasteiger partial charge in [0, 0.05) is 23.1 Å². The zero-order valence-corrected chi connectivity index (χ0v) is 13.3. The van der Waals surface area contributed by atoms with Gasteiger partial charge in [0.05, 0.1) is 0 Å². The van der Waals surface area contributed by atoms with Gasteiger partial charge in [0.1, 0.15) is 0 Å². The number of fused-ring (bicyclic) bond motifs is 1. The molecule has 0 N–H and O–H groups in total. The quantitative estimate of drug-likeness (QED) is 0.545. The fourth-order valence-electron chi connectivity index (χ4n) is 2.69. The normalized spacial score (nSPS) is 15.4. The highest BCUT2D eigenvalue weighted by Gasteiger charge is 2.24. The summed E-state index contributed by atoms with van der Waals surface area (Å²) in [5.74, 6) is 0. The third kappa shape index (κ3) is 2.55. The first-order chi connectivity index (χ1) is 9.55. The van der Waals surface area contributed by atoms with Crippen LogP contribution in [0.4, 0.5) is 0 Å². The summed E-state index contributed by atoms with van der Waals surface area (Å²) in [6.07, 6.45) is 9.27. The molecule has 1 aliphatic rings. The van der Waals surface area contributed by atoms with Crippen LogP contribution in [-0.4, -0.2) is 0 Å². The van der Waals surface area contributed by atoms with Crippen molar-refractivity contribution in [2.24, 2.45) is 0 Å². The molecule has 102 valence electrons. The van der Waals surface area contributed by atoms with E-state index in [1.54, 1.807) is 0 Å². The van der Waals surface area contributed by atoms with Crippen molar-refractivity contribution in [2.45, 2.75) is 39.0 Å². The van der Waals surface area contributed by atoms with E-state index in [2.05, 4.69) is 69.3 Å². The summed E-state index contributed by atoms with van der Waals surface area (Å²) in [7, 11) is 0. The van der Waals surface area contributed by atoms with Gasteiger partial charge in [-0.15, -0.1) is 0 Å². The zero-order valence-electron chi connectivity index (χ0n) is 12.4. The van der Waals surface area contributed by atoms with Crippen molar-refractivity contribution in [3.63, 3.8) is 0 Å². The van der Waals surface area contributed by atoms with Crippen LogP contribution in [0.1, 0.15) is 44.1 Å². The number of hydrogen-bond donors (Lipinski definition) is 0. The average Bonchev–Trinajstić information content (AvgIpc) is 2.46. The molecule has 1 heteroatoms. The van der Waals surface area contributed by atoms with E-state index in [0.29, 0.717) is 0 Å². The first kappa shape index (κ1) is 13.5. The molecule has 20 heavy (non-hydrogen) atoms. The van der Waals surface area contributed by atoms with E-state index in [1.165, 1.54) is 32.5 Å². The average molecular weight is 281 g/mol. The van der Waals surface area contributed by atoms with Crippen LogP contribution in [0, 0.1) is 0 Å². The van der Waals surface area contributed by atoms with Gasteiger partial charge in [-0.25, -0.2) is 0 Å². The van der Waals surface area contributed by atoms with Gasteiger partial charge < -0.3 is 0 Å². The highest BCUT2D eigenvalue weighted by atomic mass is 32.1. The van der Waals surface area contributed by atoms with Gasteiger partial charge in [0.2, 0.25) is 20.9 Å². The second-order valence-electron chi connectivity index (χ2n) is 6.41. The lowest BCUT2D eigenvalue weighted by Gasteiger charge is -2.19. The molecule has 0 fully saturated rings. The van der Waals surface area contributed by atoms with Crippen molar-refractivity contribution in [1.29, 1.82) is 0 Å². The van der Waals surface area contributed by atoms with E-state index < -0.39 is 0 Å². The minimum Gasteiger partial charge on any atom is -0.0834 e. The molecule has 1 aromatic carbocycles. The van der Waals surface area contributed by atoms with E-state index in [-0.39, 0.29) is 5.41 Å². The minimum absolute atomic E-state index is 0.168. The standard InChI is InChI=1S/C19H21S/c1-19(2,3)16-13-18(14-9-5-4-6-10-14)20-17-12-8-7-11-15(16)17/h5,7-13H,4,6H2,1-3H3/q+1. The lowest BCUT2D eigenvalue weighted by molar-refractivity contribution is 0.596. The van der Waals surface area contributed by atoms with Gasteiger partial charge in [0.25, 0.3) is 0 Å². The summed E-state index contributed by atoms with van der Waals surface area (Å²) < 4.78 is 1.38. The van der Waals surface area contributed by atoms with Crippen molar-refractivity contribution in [1.82, 2.24) is 0 Å². The van der Waals surface area contributed by atoms with E-state index in [9.17, 15) is 0 Å². The molecule has 0 radical (unpaired) electrons. The highest BCUT2D eigenvalue weighted by Crippen LogP contribution is 2.37. The molecule has 0 saturated heterocycles. The van der Waals surface area contributed by atoms with E-state index >= 15 is 0 Å². The van der Waals surface area contributed by atoms with Gasteiger partial charge in [-0.2, -0.15) is 0 Å². The minimum atomic E-state index is 0.168. The molecule has 3 rings (SSSR count). The molecule has 0 saturated carbocycles. The fraction of sp³-hybridized carbons (Fsp3) is 0.316. The number of allylic oxidation sites excluding steroid dienone is 4. The van der Waals surface area contributed by atoms with E-state index in [4.69, 9.17) is 0 Å². The van der Waals surface area contributed by atoms with Crippen molar-refractivity contribution < 1.29 is 0 Å². The van der Waals surface area contributed by atoms with E-state index in [0.717, 1.165) is 6.42 Å². The summed E-state index contributed by atoms with van der Waals surface area (Å²) in [6, 6.07) is 11.2. The van der Waals surface area contributed by atoms with Crippen LogP contribution in [0.3, 0.4) is 0 Å². The van der Waals surface area contributed by atoms with Gasteiger partial charge in [-0.05, 0) is 29.9 Å². The molecule has 1 aliphatic carbocycles. The molecular formula is C19H21S+. The highest BCUT2D eigenvalue weighted by molar-refractivity contribution is 7.19. The summed E-state index contributed by atoms with van der Waals surface area (Å²) in [4.78, 5) is 1.39. The molecule has 2 aromatic rings. The Balaban J connectivity index is 2.25. The van der Waals surface area contributed by atoms with Crippen molar-refractivity contribution >= 4 is 27.0 Å². The summed E-state index contributed by atoms with van der Waals surface area (Å²) in [6.45, 7) is 6.90. The lowest BCUT2D eigenvalue weighted by atomic mass is 9.85. The number of hydrogen-bond acceptors (Lipinski definition) is 0. The van der Waals surface area contributed by atoms with Gasteiger partial charge in [-0.1, -0.05) is 51.1 Å². The zero-order chi connectivity index (χ0) is 14.2. The third-order valence-electron chi connectivity index (χ3n) is 3.76. The van der Waals surface area contributed by atoms with Crippen molar-refractivity contribution in [3.05, 3.63) is 59.0 Å². The maximum Gasteiger partial charge on any atom is 0.239 e. The predicted molar refractivity (Wildman–Crippen MR) is 91.3 cm³/mol. The Labute approximate surface area is 125 Å². The molecule has 0 unspecified atom stereocenters. The molecule has 0 atom stereocenters. The molecule has 1 heterocycles. The summed E-state index contributed by atoms with van der Waals surface area (Å²) >= 11 is 1.90. The van der Waals surface area contributed by atoms with Crippen molar-refractivity contribution in [2.75, 3.05) is 0 Å². The fourth-order valence-corrected chi connectivity index (χ4v) is 3.81. The Morgan fingerprint density at radius 2 is 1.85 bits per heavy atom. The van der Waals surface area contributed by atoms with Crippen LogP contribution in [0.15, 0.2) is 48.6 Å². The second kappa shape index (κ2) is 5.14.